The van der Waals surface area contributed by atoms with Crippen LogP contribution in [0.25, 0.3) is 11.3 Å². The average Bonchev–Trinajstić information content (AvgIpc) is 3.31. The summed E-state index contributed by atoms with van der Waals surface area (Å²) in [5.74, 6) is 0.234. The molecule has 0 bridgehead atoms. The smallest absolute Gasteiger partial charge is 0.276 e. The van der Waals surface area contributed by atoms with Gasteiger partial charge < -0.3 is 14.5 Å². The molecule has 2 aromatic heterocycles. The maximum Gasteiger partial charge on any atom is 0.276 e. The van der Waals surface area contributed by atoms with Gasteiger partial charge in [0.05, 0.1) is 11.8 Å². The molecule has 1 amide bonds. The lowest BCUT2D eigenvalue weighted by atomic mass is 10.0. The summed E-state index contributed by atoms with van der Waals surface area (Å²) in [4.78, 5) is 22.6. The summed E-state index contributed by atoms with van der Waals surface area (Å²) in [7, 11) is 0. The van der Waals surface area contributed by atoms with Crippen molar-refractivity contribution in [3.8, 4) is 11.3 Å². The molecule has 26 heavy (non-hydrogen) atoms. The maximum absolute atomic E-state index is 12.7. The Kier molecular flexibility index (Phi) is 4.45. The predicted octanol–water partition coefficient (Wildman–Crippen LogP) is 1.81. The normalized spacial score (nSPS) is 19.7. The Hall–Kier alpha value is -3.06. The van der Waals surface area contributed by atoms with E-state index in [0.717, 1.165) is 11.3 Å². The molecule has 0 spiro atoms. The average molecular weight is 350 g/mol. The highest BCUT2D eigenvalue weighted by Crippen LogP contribution is 2.24. The first kappa shape index (κ1) is 16.4. The van der Waals surface area contributed by atoms with Gasteiger partial charge in [0, 0.05) is 49.2 Å². The van der Waals surface area contributed by atoms with Gasteiger partial charge in [0.25, 0.3) is 5.91 Å². The number of carbonyl (C=O) groups excluding carboxylic acids is 1. The van der Waals surface area contributed by atoms with E-state index in [0.29, 0.717) is 18.7 Å². The van der Waals surface area contributed by atoms with Gasteiger partial charge in [0.1, 0.15) is 0 Å². The molecule has 1 aliphatic heterocycles. The topological polar surface area (TPSA) is 92.4 Å². The van der Waals surface area contributed by atoms with Crippen LogP contribution in [0.4, 0.5) is 0 Å². The second-order valence-electron chi connectivity index (χ2n) is 6.38. The summed E-state index contributed by atoms with van der Waals surface area (Å²) < 4.78 is 5.30. The number of hydrogen-bond donors (Lipinski definition) is 1. The molecule has 7 heteroatoms. The number of nitrogens with zero attached hydrogens (tertiary/aromatic N) is 4. The lowest BCUT2D eigenvalue weighted by molar-refractivity contribution is 0.0754. The lowest BCUT2D eigenvalue weighted by Gasteiger charge is -2.14. The number of β-amino-alcohol motifs (C(OH)–C–C–N with tert-alkyl or cyclic N) is 1. The van der Waals surface area contributed by atoms with Crippen LogP contribution < -0.4 is 0 Å². The molecular formula is C19H18N4O3. The molecule has 0 unspecified atom stereocenters. The minimum Gasteiger partial charge on any atom is -0.391 e. The minimum absolute atomic E-state index is 0.0730. The lowest BCUT2D eigenvalue weighted by Crippen LogP contribution is -2.29. The number of amides is 1. The quantitative estimate of drug-likeness (QED) is 0.771. The van der Waals surface area contributed by atoms with Crippen molar-refractivity contribution in [2.24, 2.45) is 5.92 Å². The fourth-order valence-electron chi connectivity index (χ4n) is 3.20. The van der Waals surface area contributed by atoms with Crippen molar-refractivity contribution in [1.82, 2.24) is 20.0 Å². The number of hydrogen-bond acceptors (Lipinski definition) is 6. The van der Waals surface area contributed by atoms with Gasteiger partial charge >= 0.3 is 0 Å². The highest BCUT2D eigenvalue weighted by molar-refractivity contribution is 5.93. The van der Waals surface area contributed by atoms with E-state index in [1.165, 1.54) is 0 Å². The van der Waals surface area contributed by atoms with Crippen LogP contribution in [0.5, 0.6) is 0 Å². The summed E-state index contributed by atoms with van der Waals surface area (Å²) in [6.45, 7) is 0.724. The zero-order valence-electron chi connectivity index (χ0n) is 14.0. The molecule has 132 valence electrons. The third-order valence-corrected chi connectivity index (χ3v) is 4.57. The summed E-state index contributed by atoms with van der Waals surface area (Å²) in [5.41, 5.74) is 1.91. The largest absolute Gasteiger partial charge is 0.391 e. The molecular weight excluding hydrogens is 332 g/mol. The van der Waals surface area contributed by atoms with E-state index in [2.05, 4.69) is 15.1 Å². The minimum atomic E-state index is -0.596. The number of benzene rings is 1. The Labute approximate surface area is 150 Å². The van der Waals surface area contributed by atoms with E-state index >= 15 is 0 Å². The van der Waals surface area contributed by atoms with Crippen LogP contribution in [0.3, 0.4) is 0 Å². The number of aliphatic hydroxyl groups is 1. The number of aromatic nitrogens is 3. The van der Waals surface area contributed by atoms with Crippen molar-refractivity contribution >= 4 is 5.91 Å². The molecule has 0 saturated carbocycles. The number of rotatable bonds is 4. The summed E-state index contributed by atoms with van der Waals surface area (Å²) in [5, 5.41) is 14.2. The van der Waals surface area contributed by atoms with E-state index in [-0.39, 0.29) is 24.1 Å². The molecule has 2 atom stereocenters. The fourth-order valence-corrected chi connectivity index (χ4v) is 3.20. The first-order chi connectivity index (χ1) is 12.7. The second kappa shape index (κ2) is 7.05. The maximum atomic E-state index is 12.7. The Morgan fingerprint density at radius 1 is 1.23 bits per heavy atom. The van der Waals surface area contributed by atoms with Gasteiger partial charge in [-0.15, -0.1) is 0 Å². The fraction of sp³-hybridized carbons (Fsp3) is 0.263. The molecule has 1 aromatic carbocycles. The molecule has 1 fully saturated rings. The Bertz CT molecular complexity index is 882. The zero-order valence-corrected chi connectivity index (χ0v) is 14.0. The van der Waals surface area contributed by atoms with Crippen molar-refractivity contribution in [1.29, 1.82) is 0 Å². The van der Waals surface area contributed by atoms with Crippen molar-refractivity contribution in [3.05, 3.63) is 66.4 Å². The van der Waals surface area contributed by atoms with E-state index in [9.17, 15) is 9.90 Å². The Balaban J connectivity index is 1.45. The van der Waals surface area contributed by atoms with E-state index < -0.39 is 6.10 Å². The van der Waals surface area contributed by atoms with Crippen LogP contribution in [-0.4, -0.2) is 50.2 Å². The van der Waals surface area contributed by atoms with Crippen LogP contribution in [0.2, 0.25) is 0 Å². The molecule has 3 aromatic rings. The SMILES string of the molecule is O=C(c1cc(-c2ccccc2)on1)N1C[C@@H](Cc2cnccn2)[C@H](O)C1. The molecule has 7 nitrogen and oxygen atoms in total. The van der Waals surface area contributed by atoms with Crippen LogP contribution in [0.15, 0.2) is 59.5 Å². The summed E-state index contributed by atoms with van der Waals surface area (Å²) >= 11 is 0. The van der Waals surface area contributed by atoms with Crippen LogP contribution in [-0.2, 0) is 6.42 Å². The van der Waals surface area contributed by atoms with E-state index in [1.807, 2.05) is 30.3 Å². The Morgan fingerprint density at radius 2 is 2.08 bits per heavy atom. The molecule has 1 aliphatic rings. The van der Waals surface area contributed by atoms with Gasteiger partial charge in [0.2, 0.25) is 0 Å². The van der Waals surface area contributed by atoms with Crippen LogP contribution in [0, 0.1) is 5.92 Å². The van der Waals surface area contributed by atoms with Crippen molar-refractivity contribution in [2.45, 2.75) is 12.5 Å². The van der Waals surface area contributed by atoms with Crippen LogP contribution in [0.1, 0.15) is 16.2 Å². The molecule has 0 radical (unpaired) electrons. The third-order valence-electron chi connectivity index (χ3n) is 4.57. The van der Waals surface area contributed by atoms with Crippen LogP contribution >= 0.6 is 0 Å². The molecule has 4 rings (SSSR count). The summed E-state index contributed by atoms with van der Waals surface area (Å²) in [6, 6.07) is 11.1. The summed E-state index contributed by atoms with van der Waals surface area (Å²) in [6.07, 6.45) is 4.90. The van der Waals surface area contributed by atoms with Gasteiger partial charge in [-0.2, -0.15) is 0 Å². The first-order valence-corrected chi connectivity index (χ1v) is 8.45. The third kappa shape index (κ3) is 3.34. The zero-order chi connectivity index (χ0) is 17.9. The van der Waals surface area contributed by atoms with E-state index in [4.69, 9.17) is 4.52 Å². The molecule has 1 N–H and O–H groups in total. The predicted molar refractivity (Wildman–Crippen MR) is 93.1 cm³/mol. The standard InChI is InChI=1S/C19H18N4O3/c24-17-12-23(11-14(17)8-15-10-20-6-7-21-15)19(25)16-9-18(26-22-16)13-4-2-1-3-5-13/h1-7,9-10,14,17,24H,8,11-12H2/t14-,17-/m1/s1. The van der Waals surface area contributed by atoms with Gasteiger partial charge in [0.15, 0.2) is 11.5 Å². The highest BCUT2D eigenvalue weighted by atomic mass is 16.5. The monoisotopic (exact) mass is 350 g/mol. The van der Waals surface area contributed by atoms with Gasteiger partial charge in [-0.1, -0.05) is 35.5 Å². The van der Waals surface area contributed by atoms with Gasteiger partial charge in [-0.25, -0.2) is 0 Å². The van der Waals surface area contributed by atoms with E-state index in [1.54, 1.807) is 29.6 Å². The van der Waals surface area contributed by atoms with Crippen molar-refractivity contribution < 1.29 is 14.4 Å². The number of carbonyl (C=O) groups is 1. The van der Waals surface area contributed by atoms with Crippen molar-refractivity contribution in [2.75, 3.05) is 13.1 Å². The Morgan fingerprint density at radius 3 is 2.85 bits per heavy atom. The van der Waals surface area contributed by atoms with Crippen molar-refractivity contribution in [3.63, 3.8) is 0 Å². The number of aliphatic hydroxyl groups excluding tert-OH is 1. The van der Waals surface area contributed by atoms with Gasteiger partial charge in [-0.3, -0.25) is 14.8 Å². The second-order valence-corrected chi connectivity index (χ2v) is 6.38. The number of likely N-dealkylation sites (tertiary alicyclic amines) is 1. The molecule has 3 heterocycles. The van der Waals surface area contributed by atoms with Gasteiger partial charge in [-0.05, 0) is 6.42 Å². The molecule has 1 saturated heterocycles. The highest BCUT2D eigenvalue weighted by Gasteiger charge is 2.35. The molecule has 0 aliphatic carbocycles. The first-order valence-electron chi connectivity index (χ1n) is 8.45.